The van der Waals surface area contributed by atoms with Crippen LogP contribution in [0.3, 0.4) is 0 Å². The third-order valence-corrected chi connectivity index (χ3v) is 21.5. The van der Waals surface area contributed by atoms with Crippen LogP contribution in [0.2, 0.25) is 0 Å². The number of para-hydroxylation sites is 1. The SMILES string of the molecule is Cc1c(-c2c3nc(F)c(F)nc3nc(C)[n+]2C)cc(C(C)(C)C)c2ccccc12.Cc1c(-c2c3nccnc3nc[n+]2C)cc(C(C)(C)C)c2ccccc12.Cc1cc(C)c(C)c(-c2c(C)nc3nc4ccccc4cc3[n+]2C)c1.Cc1nc2nc(C)[n+](C)c(-c3cc(C(C)(C)C)c4ccccc4c3C)c2nc1C. The third kappa shape index (κ3) is 14.2. The fourth-order valence-electron chi connectivity index (χ4n) is 15.3. The molecule has 0 saturated carbocycles. The maximum absolute atomic E-state index is 14.0. The maximum Gasteiger partial charge on any atom is 0.299 e. The van der Waals surface area contributed by atoms with Crippen molar-refractivity contribution in [1.82, 2.24) is 54.8 Å². The summed E-state index contributed by atoms with van der Waals surface area (Å²) >= 11 is 0. The Bertz CT molecular complexity index is 6190. The molecule has 0 radical (unpaired) electrons. The number of aromatic nitrogens is 15. The molecule has 550 valence electrons. The molecular formula is C92H97F2N15+4. The van der Waals surface area contributed by atoms with E-state index in [4.69, 9.17) is 24.9 Å². The van der Waals surface area contributed by atoms with Gasteiger partial charge in [0.25, 0.3) is 52.3 Å². The highest BCUT2D eigenvalue weighted by Gasteiger charge is 2.32. The van der Waals surface area contributed by atoms with E-state index >= 15 is 0 Å². The van der Waals surface area contributed by atoms with Gasteiger partial charge in [0, 0.05) is 54.4 Å². The second-order valence-electron chi connectivity index (χ2n) is 32.2. The normalized spacial score (nSPS) is 11.9. The first-order valence-corrected chi connectivity index (χ1v) is 37.1. The van der Waals surface area contributed by atoms with Crippen LogP contribution in [-0.2, 0) is 44.4 Å². The monoisotopic (exact) mass is 1450 g/mol. The van der Waals surface area contributed by atoms with Gasteiger partial charge in [-0.3, -0.25) is 0 Å². The van der Waals surface area contributed by atoms with Gasteiger partial charge in [-0.25, -0.2) is 48.6 Å². The molecule has 8 heterocycles. The molecule has 0 aliphatic heterocycles. The lowest BCUT2D eigenvalue weighted by Gasteiger charge is -2.24. The van der Waals surface area contributed by atoms with E-state index in [1.54, 1.807) is 12.4 Å². The van der Waals surface area contributed by atoms with E-state index in [0.717, 1.165) is 89.6 Å². The quantitative estimate of drug-likeness (QED) is 0.122. The van der Waals surface area contributed by atoms with Crippen molar-refractivity contribution in [3.63, 3.8) is 0 Å². The Kier molecular flexibility index (Phi) is 20.0. The molecular weight excluding hydrogens is 1350 g/mol. The predicted molar refractivity (Wildman–Crippen MR) is 436 cm³/mol. The lowest BCUT2D eigenvalue weighted by atomic mass is 9.80. The Hall–Kier alpha value is -11.6. The van der Waals surface area contributed by atoms with Gasteiger partial charge < -0.3 is 0 Å². The summed E-state index contributed by atoms with van der Waals surface area (Å²) in [7, 11) is 8.05. The maximum atomic E-state index is 14.0. The number of fused-ring (bicyclic) bond motifs is 8. The Labute approximate surface area is 637 Å². The molecule has 0 aliphatic carbocycles. The van der Waals surface area contributed by atoms with Crippen LogP contribution in [0.1, 0.15) is 141 Å². The highest BCUT2D eigenvalue weighted by atomic mass is 19.2. The molecule has 0 saturated heterocycles. The molecule has 0 fully saturated rings. The number of aryl methyl sites for hydroxylation is 12. The van der Waals surface area contributed by atoms with Crippen LogP contribution >= 0.6 is 0 Å². The molecule has 8 aromatic heterocycles. The van der Waals surface area contributed by atoms with Crippen LogP contribution in [0.25, 0.3) is 133 Å². The average molecular weight is 1450 g/mol. The smallest absolute Gasteiger partial charge is 0.245 e. The van der Waals surface area contributed by atoms with Crippen molar-refractivity contribution >= 4 is 87.9 Å². The van der Waals surface area contributed by atoms with E-state index in [9.17, 15) is 8.78 Å². The second-order valence-corrected chi connectivity index (χ2v) is 32.2. The summed E-state index contributed by atoms with van der Waals surface area (Å²) in [5, 5.41) is 8.64. The van der Waals surface area contributed by atoms with Crippen LogP contribution in [0.15, 0.2) is 152 Å². The van der Waals surface area contributed by atoms with Crippen molar-refractivity contribution < 1.29 is 27.0 Å². The zero-order valence-corrected chi connectivity index (χ0v) is 67.4. The lowest BCUT2D eigenvalue weighted by molar-refractivity contribution is -0.668. The highest BCUT2D eigenvalue weighted by Crippen LogP contribution is 2.42. The van der Waals surface area contributed by atoms with Crippen molar-refractivity contribution in [3.05, 3.63) is 243 Å². The van der Waals surface area contributed by atoms with Crippen molar-refractivity contribution in [2.24, 2.45) is 28.2 Å². The molecule has 8 aromatic carbocycles. The fourth-order valence-corrected chi connectivity index (χ4v) is 15.3. The first-order valence-electron chi connectivity index (χ1n) is 37.1. The molecule has 0 unspecified atom stereocenters. The number of halogens is 2. The molecule has 15 nitrogen and oxygen atoms in total. The number of nitrogens with zero attached hydrogens (tertiary/aromatic N) is 15. The van der Waals surface area contributed by atoms with Gasteiger partial charge in [-0.2, -0.15) is 18.3 Å². The molecule has 0 N–H and O–H groups in total. The third-order valence-electron chi connectivity index (χ3n) is 21.5. The minimum atomic E-state index is -1.24. The number of pyridine rings is 1. The van der Waals surface area contributed by atoms with Crippen LogP contribution in [0.4, 0.5) is 8.78 Å². The van der Waals surface area contributed by atoms with Crippen LogP contribution < -0.4 is 18.3 Å². The van der Waals surface area contributed by atoms with Gasteiger partial charge in [-0.15, -0.1) is 0 Å². The van der Waals surface area contributed by atoms with Crippen LogP contribution in [-0.4, -0.2) is 54.8 Å². The summed E-state index contributed by atoms with van der Waals surface area (Å²) in [5.74, 6) is -0.902. The highest BCUT2D eigenvalue weighted by molar-refractivity contribution is 6.00. The van der Waals surface area contributed by atoms with E-state index in [1.165, 1.54) is 88.1 Å². The number of benzene rings is 8. The van der Waals surface area contributed by atoms with Gasteiger partial charge in [0.15, 0.2) is 33.6 Å². The van der Waals surface area contributed by atoms with Gasteiger partial charge in [-0.1, -0.05) is 165 Å². The Morgan fingerprint density at radius 2 is 0.752 bits per heavy atom. The molecule has 0 atom stereocenters. The number of rotatable bonds is 4. The van der Waals surface area contributed by atoms with E-state index in [0.29, 0.717) is 22.8 Å². The first kappa shape index (κ1) is 75.6. The molecule has 16 aromatic rings. The van der Waals surface area contributed by atoms with E-state index in [-0.39, 0.29) is 27.4 Å². The molecule has 16 rings (SSSR count). The van der Waals surface area contributed by atoms with E-state index in [1.807, 2.05) is 94.5 Å². The molecule has 0 aliphatic rings. The zero-order valence-electron chi connectivity index (χ0n) is 67.4. The molecule has 109 heavy (non-hydrogen) atoms. The summed E-state index contributed by atoms with van der Waals surface area (Å²) < 4.78 is 36.0. The summed E-state index contributed by atoms with van der Waals surface area (Å²) in [5.41, 5.74) is 28.9. The fraction of sp³-hybridized carbons (Fsp3) is 0.293. The van der Waals surface area contributed by atoms with Crippen molar-refractivity contribution in [3.8, 4) is 45.0 Å². The van der Waals surface area contributed by atoms with Gasteiger partial charge in [0.05, 0.1) is 43.6 Å². The van der Waals surface area contributed by atoms with Gasteiger partial charge in [0.1, 0.15) is 12.7 Å². The summed E-state index contributed by atoms with van der Waals surface area (Å²) in [6.07, 6.45) is 5.24. The van der Waals surface area contributed by atoms with Gasteiger partial charge in [0.2, 0.25) is 11.3 Å². The van der Waals surface area contributed by atoms with E-state index < -0.39 is 11.9 Å². The van der Waals surface area contributed by atoms with Crippen molar-refractivity contribution in [2.75, 3.05) is 0 Å². The summed E-state index contributed by atoms with van der Waals surface area (Å²) in [6.45, 7) is 43.0. The second kappa shape index (κ2) is 28.9. The van der Waals surface area contributed by atoms with Crippen LogP contribution in [0.5, 0.6) is 0 Å². The predicted octanol–water partition coefficient (Wildman–Crippen LogP) is 18.8. The topological polar surface area (TPSA) is 157 Å². The molecule has 0 amide bonds. The lowest BCUT2D eigenvalue weighted by Crippen LogP contribution is -2.37. The summed E-state index contributed by atoms with van der Waals surface area (Å²) in [4.78, 5) is 49.2. The first-order chi connectivity index (χ1) is 51.5. The Balaban J connectivity index is 0.000000128. The summed E-state index contributed by atoms with van der Waals surface area (Å²) in [6, 6.07) is 47.3. The largest absolute Gasteiger partial charge is 0.299 e. The Morgan fingerprint density at radius 1 is 0.330 bits per heavy atom. The minimum absolute atomic E-state index is 0.0245. The average Bonchev–Trinajstić information content (AvgIpc) is 0.767. The van der Waals surface area contributed by atoms with Crippen LogP contribution in [0, 0.1) is 88.1 Å². The van der Waals surface area contributed by atoms with Crippen molar-refractivity contribution in [1.29, 1.82) is 0 Å². The number of hydrogen-bond donors (Lipinski definition) is 0. The van der Waals surface area contributed by atoms with E-state index in [2.05, 4.69) is 260 Å². The van der Waals surface area contributed by atoms with Gasteiger partial charge >= 0.3 is 0 Å². The minimum Gasteiger partial charge on any atom is -0.245 e. The number of hydrogen-bond acceptors (Lipinski definition) is 11. The van der Waals surface area contributed by atoms with Gasteiger partial charge in [-0.05, 0) is 201 Å². The van der Waals surface area contributed by atoms with Crippen molar-refractivity contribution in [2.45, 2.75) is 155 Å². The molecule has 0 spiro atoms. The molecule has 0 bridgehead atoms. The standard InChI is InChI=1S/C25H29N4.C23H23F2N4.C22H23N4.C22H22N3/c1-14-18-11-9-10-12-19(18)21(25(5,6)7)13-20(14)23-22-24(28-17(4)29(23)8)27-16(3)15(2)26-22;1-12-14-9-7-8-10-15(14)17(23(3,4)5)11-16(12)19-18-22(26-13(2)29(19)6)28-21(25)20(24)27-18;1-14-15-8-6-7-9-16(15)18(22(2,3)4)12-17(14)20-19-21(24-11-10-23-19)25-13-26(20)5;1-13-10-14(2)15(3)18(11-13)21-16(4)23-22-20(25(21)5)12-17-8-6-7-9-19(17)24-22/h9-13H,1-8H3;7-11H,1-6H3;6-13H,1-5H3;6-12H,1-5H3/q4*+1. The Morgan fingerprint density at radius 3 is 1.27 bits per heavy atom. The zero-order chi connectivity index (χ0) is 78.4. The molecule has 17 heteroatoms.